The van der Waals surface area contributed by atoms with Crippen molar-refractivity contribution in [1.82, 2.24) is 0 Å². The normalized spacial score (nSPS) is 10.8. The van der Waals surface area contributed by atoms with Gasteiger partial charge in [-0.05, 0) is 37.0 Å². The first-order valence-electron chi connectivity index (χ1n) is 10.1. The minimum atomic E-state index is -1.00. The Morgan fingerprint density at radius 3 is 1.93 bits per heavy atom. The van der Waals surface area contributed by atoms with Crippen molar-refractivity contribution < 1.29 is 19.4 Å². The SMILES string of the molecule is O=C(O)COc1ccccc1C=Cc1ccccc1OCCCCc1ccccc1. The molecule has 0 aliphatic heterocycles. The summed E-state index contributed by atoms with van der Waals surface area (Å²) in [4.78, 5) is 10.8. The number of rotatable bonds is 11. The minimum absolute atomic E-state index is 0.368. The van der Waals surface area contributed by atoms with Crippen molar-refractivity contribution in [3.05, 3.63) is 95.6 Å². The molecule has 4 heteroatoms. The minimum Gasteiger partial charge on any atom is -0.493 e. The van der Waals surface area contributed by atoms with Gasteiger partial charge in [-0.3, -0.25) is 0 Å². The highest BCUT2D eigenvalue weighted by Crippen LogP contribution is 2.24. The average Bonchev–Trinajstić information content (AvgIpc) is 2.78. The van der Waals surface area contributed by atoms with Gasteiger partial charge in [-0.15, -0.1) is 0 Å². The van der Waals surface area contributed by atoms with Crippen LogP contribution in [0.3, 0.4) is 0 Å². The summed E-state index contributed by atoms with van der Waals surface area (Å²) in [5.74, 6) is 0.368. The Morgan fingerprint density at radius 2 is 1.30 bits per heavy atom. The summed E-state index contributed by atoms with van der Waals surface area (Å²) in [6.45, 7) is 0.295. The van der Waals surface area contributed by atoms with Crippen molar-refractivity contribution in [2.45, 2.75) is 19.3 Å². The van der Waals surface area contributed by atoms with Crippen LogP contribution in [-0.2, 0) is 11.2 Å². The predicted molar refractivity (Wildman–Crippen MR) is 120 cm³/mol. The van der Waals surface area contributed by atoms with Crippen LogP contribution in [0.4, 0.5) is 0 Å². The molecule has 0 aliphatic rings. The monoisotopic (exact) mass is 402 g/mol. The van der Waals surface area contributed by atoms with E-state index in [2.05, 4.69) is 24.3 Å². The molecular weight excluding hydrogens is 376 g/mol. The van der Waals surface area contributed by atoms with Crippen molar-refractivity contribution in [2.24, 2.45) is 0 Å². The van der Waals surface area contributed by atoms with Gasteiger partial charge in [0, 0.05) is 11.1 Å². The second-order valence-corrected chi connectivity index (χ2v) is 6.88. The van der Waals surface area contributed by atoms with E-state index < -0.39 is 5.97 Å². The number of ether oxygens (including phenoxy) is 2. The summed E-state index contributed by atoms with van der Waals surface area (Å²) in [7, 11) is 0. The number of unbranched alkanes of at least 4 members (excludes halogenated alkanes) is 1. The van der Waals surface area contributed by atoms with Crippen LogP contribution in [0, 0.1) is 0 Å². The molecule has 3 aromatic carbocycles. The molecule has 0 saturated carbocycles. The summed E-state index contributed by atoms with van der Waals surface area (Å²) in [5, 5.41) is 8.84. The fraction of sp³-hybridized carbons (Fsp3) is 0.192. The number of aryl methyl sites for hydroxylation is 1. The lowest BCUT2D eigenvalue weighted by Gasteiger charge is -2.10. The van der Waals surface area contributed by atoms with Gasteiger partial charge in [-0.1, -0.05) is 78.9 Å². The molecule has 1 N–H and O–H groups in total. The van der Waals surface area contributed by atoms with Crippen LogP contribution in [0.5, 0.6) is 11.5 Å². The molecule has 3 rings (SSSR count). The Morgan fingerprint density at radius 1 is 0.733 bits per heavy atom. The third-order valence-electron chi connectivity index (χ3n) is 4.59. The van der Waals surface area contributed by atoms with Crippen LogP contribution < -0.4 is 9.47 Å². The van der Waals surface area contributed by atoms with E-state index in [9.17, 15) is 4.79 Å². The fourth-order valence-electron chi connectivity index (χ4n) is 3.08. The zero-order valence-corrected chi connectivity index (χ0v) is 16.9. The van der Waals surface area contributed by atoms with Crippen molar-refractivity contribution in [3.63, 3.8) is 0 Å². The van der Waals surface area contributed by atoms with Crippen LogP contribution >= 0.6 is 0 Å². The summed E-state index contributed by atoms with van der Waals surface area (Å²) in [6, 6.07) is 25.7. The molecule has 0 radical (unpaired) electrons. The van der Waals surface area contributed by atoms with E-state index in [-0.39, 0.29) is 6.61 Å². The molecule has 0 amide bonds. The first-order chi connectivity index (χ1) is 14.7. The maximum absolute atomic E-state index is 10.8. The van der Waals surface area contributed by atoms with E-state index in [0.717, 1.165) is 36.1 Å². The Bertz CT molecular complexity index is 964. The van der Waals surface area contributed by atoms with Gasteiger partial charge in [0.1, 0.15) is 11.5 Å². The number of hydrogen-bond donors (Lipinski definition) is 1. The standard InChI is InChI=1S/C26H26O4/c27-26(28)20-30-25-16-7-5-14-23(25)18-17-22-13-4-6-15-24(22)29-19-9-8-12-21-10-2-1-3-11-21/h1-7,10-11,13-18H,8-9,12,19-20H2,(H,27,28). The average molecular weight is 402 g/mol. The third-order valence-corrected chi connectivity index (χ3v) is 4.59. The van der Waals surface area contributed by atoms with Gasteiger partial charge in [0.2, 0.25) is 0 Å². The largest absolute Gasteiger partial charge is 0.493 e. The molecule has 0 heterocycles. The van der Waals surface area contributed by atoms with Crippen LogP contribution in [0.25, 0.3) is 12.2 Å². The second-order valence-electron chi connectivity index (χ2n) is 6.88. The fourth-order valence-corrected chi connectivity index (χ4v) is 3.08. The van der Waals surface area contributed by atoms with Crippen LogP contribution in [0.1, 0.15) is 29.5 Å². The van der Waals surface area contributed by atoms with E-state index >= 15 is 0 Å². The predicted octanol–water partition coefficient (Wildman–Crippen LogP) is 5.72. The molecule has 0 atom stereocenters. The smallest absolute Gasteiger partial charge is 0.341 e. The van der Waals surface area contributed by atoms with E-state index in [0.29, 0.717) is 12.4 Å². The Kier molecular flexibility index (Phi) is 8.10. The van der Waals surface area contributed by atoms with Gasteiger partial charge >= 0.3 is 5.97 Å². The van der Waals surface area contributed by atoms with Crippen molar-refractivity contribution in [1.29, 1.82) is 0 Å². The number of para-hydroxylation sites is 2. The summed E-state index contributed by atoms with van der Waals surface area (Å²) >= 11 is 0. The number of carbonyl (C=O) groups is 1. The summed E-state index contributed by atoms with van der Waals surface area (Å²) in [5.41, 5.74) is 3.13. The van der Waals surface area contributed by atoms with Crippen molar-refractivity contribution in [3.8, 4) is 11.5 Å². The van der Waals surface area contributed by atoms with Crippen LogP contribution in [-0.4, -0.2) is 24.3 Å². The zero-order valence-electron chi connectivity index (χ0n) is 16.9. The highest BCUT2D eigenvalue weighted by Gasteiger charge is 2.04. The van der Waals surface area contributed by atoms with E-state index in [1.165, 1.54) is 5.56 Å². The number of aliphatic carboxylic acids is 1. The van der Waals surface area contributed by atoms with Gasteiger partial charge in [-0.2, -0.15) is 0 Å². The van der Waals surface area contributed by atoms with E-state index in [1.807, 2.05) is 60.7 Å². The van der Waals surface area contributed by atoms with Crippen LogP contribution in [0.15, 0.2) is 78.9 Å². The number of hydrogen-bond acceptors (Lipinski definition) is 3. The van der Waals surface area contributed by atoms with Gasteiger partial charge in [0.25, 0.3) is 0 Å². The first-order valence-corrected chi connectivity index (χ1v) is 10.1. The van der Waals surface area contributed by atoms with Gasteiger partial charge < -0.3 is 14.6 Å². The molecule has 0 fully saturated rings. The second kappa shape index (κ2) is 11.5. The molecule has 30 heavy (non-hydrogen) atoms. The highest BCUT2D eigenvalue weighted by molar-refractivity contribution is 5.75. The zero-order chi connectivity index (χ0) is 21.0. The molecule has 4 nitrogen and oxygen atoms in total. The molecule has 154 valence electrons. The number of benzene rings is 3. The summed E-state index contributed by atoms with van der Waals surface area (Å²) in [6.07, 6.45) is 6.99. The molecule has 0 saturated heterocycles. The van der Waals surface area contributed by atoms with Gasteiger partial charge in [0.15, 0.2) is 6.61 Å². The lowest BCUT2D eigenvalue weighted by atomic mass is 10.1. The van der Waals surface area contributed by atoms with Crippen molar-refractivity contribution in [2.75, 3.05) is 13.2 Å². The lowest BCUT2D eigenvalue weighted by molar-refractivity contribution is -0.139. The maximum Gasteiger partial charge on any atom is 0.341 e. The van der Waals surface area contributed by atoms with Gasteiger partial charge in [0.05, 0.1) is 6.61 Å². The topological polar surface area (TPSA) is 55.8 Å². The number of carboxylic acids is 1. The molecule has 0 bridgehead atoms. The molecular formula is C26H26O4. The Labute approximate surface area is 177 Å². The molecule has 0 unspecified atom stereocenters. The highest BCUT2D eigenvalue weighted by atomic mass is 16.5. The Hall–Kier alpha value is -3.53. The quantitative estimate of drug-likeness (QED) is 0.329. The molecule has 0 spiro atoms. The first kappa shape index (κ1) is 21.2. The van der Waals surface area contributed by atoms with Gasteiger partial charge in [-0.25, -0.2) is 4.79 Å². The van der Waals surface area contributed by atoms with E-state index in [4.69, 9.17) is 14.6 Å². The number of carboxylic acid groups (broad SMARTS) is 1. The van der Waals surface area contributed by atoms with Crippen LogP contribution in [0.2, 0.25) is 0 Å². The Balaban J connectivity index is 1.57. The molecule has 0 aromatic heterocycles. The molecule has 3 aromatic rings. The maximum atomic E-state index is 10.8. The van der Waals surface area contributed by atoms with E-state index in [1.54, 1.807) is 6.07 Å². The molecule has 0 aliphatic carbocycles. The summed E-state index contributed by atoms with van der Waals surface area (Å²) < 4.78 is 11.4. The van der Waals surface area contributed by atoms with Crippen molar-refractivity contribution >= 4 is 18.1 Å². The third kappa shape index (κ3) is 6.82. The lowest BCUT2D eigenvalue weighted by Crippen LogP contribution is -2.09.